The minimum Gasteiger partial charge on any atom is -0.497 e. The summed E-state index contributed by atoms with van der Waals surface area (Å²) in [6, 6.07) is 6.18. The molecule has 0 saturated heterocycles. The number of nitrogens with zero attached hydrogens (tertiary/aromatic N) is 1. The number of hydrogen-bond donors (Lipinski definition) is 2. The monoisotopic (exact) mass is 326 g/mol. The van der Waals surface area contributed by atoms with Crippen molar-refractivity contribution in [1.29, 1.82) is 0 Å². The van der Waals surface area contributed by atoms with E-state index in [0.717, 1.165) is 37.1 Å². The molecule has 1 aliphatic heterocycles. The summed E-state index contributed by atoms with van der Waals surface area (Å²) >= 11 is 0. The molecule has 7 nitrogen and oxygen atoms in total. The number of nitrogens with one attached hydrogen (secondary N) is 1. The summed E-state index contributed by atoms with van der Waals surface area (Å²) in [7, 11) is -1.60. The van der Waals surface area contributed by atoms with E-state index in [-0.39, 0.29) is 0 Å². The number of aromatic amines is 1. The Hall–Kier alpha value is -1.90. The van der Waals surface area contributed by atoms with Gasteiger partial charge in [-0.3, -0.25) is 13.7 Å². The molecule has 0 atom stereocenters. The summed E-state index contributed by atoms with van der Waals surface area (Å²) in [5, 5.41) is 1.30. The molecule has 2 N–H and O–H groups in total. The van der Waals surface area contributed by atoms with Crippen molar-refractivity contribution in [2.45, 2.75) is 13.3 Å². The molecule has 0 spiro atoms. The zero-order chi connectivity index (χ0) is 16.3. The summed E-state index contributed by atoms with van der Waals surface area (Å²) in [5.41, 5.74) is 4.83. The highest BCUT2D eigenvalue weighted by Crippen LogP contribution is 2.28. The number of H-pyrrole nitrogens is 1. The minimum atomic E-state index is -4.16. The predicted molar refractivity (Wildman–Crippen MR) is 84.2 cm³/mol. The van der Waals surface area contributed by atoms with Gasteiger partial charge in [0.15, 0.2) is 0 Å². The van der Waals surface area contributed by atoms with Gasteiger partial charge in [0.05, 0.1) is 25.6 Å². The molecular formula is C14H18N2O5S. The lowest BCUT2D eigenvalue weighted by molar-refractivity contribution is 0.324. The van der Waals surface area contributed by atoms with Gasteiger partial charge in [0, 0.05) is 23.5 Å². The van der Waals surface area contributed by atoms with E-state index in [1.807, 2.05) is 12.1 Å². The highest BCUT2D eigenvalue weighted by molar-refractivity contribution is 7.80. The van der Waals surface area contributed by atoms with E-state index in [1.165, 1.54) is 16.6 Å². The Morgan fingerprint density at radius 2 is 2.00 bits per heavy atom. The smallest absolute Gasteiger partial charge is 0.397 e. The molecule has 1 aliphatic rings. The molecular weight excluding hydrogens is 308 g/mol. The van der Waals surface area contributed by atoms with Crippen LogP contribution in [-0.2, 0) is 21.0 Å². The third kappa shape index (κ3) is 3.65. The molecule has 0 radical (unpaired) electrons. The maximum atomic E-state index is 9.33. The van der Waals surface area contributed by atoms with Crippen molar-refractivity contribution in [2.75, 3.05) is 20.8 Å². The van der Waals surface area contributed by atoms with Gasteiger partial charge in [-0.2, -0.15) is 8.42 Å². The molecule has 2 heterocycles. The van der Waals surface area contributed by atoms with Crippen LogP contribution in [0.25, 0.3) is 10.9 Å². The number of benzene rings is 1. The molecule has 2 aromatic rings. The van der Waals surface area contributed by atoms with Crippen molar-refractivity contribution in [1.82, 2.24) is 4.98 Å². The summed E-state index contributed by atoms with van der Waals surface area (Å²) in [5.74, 6) is 0.890. The van der Waals surface area contributed by atoms with Crippen LogP contribution in [0.2, 0.25) is 0 Å². The third-order valence-electron chi connectivity index (χ3n) is 3.40. The van der Waals surface area contributed by atoms with Gasteiger partial charge in [-0.15, -0.1) is 0 Å². The van der Waals surface area contributed by atoms with Crippen molar-refractivity contribution in [2.24, 2.45) is 4.99 Å². The SMILES string of the molecule is COS(=O)(=O)O.COc1ccc2c3c([nH]c2c1)C(C)=NCC3. The number of ether oxygens (including phenoxy) is 1. The second kappa shape index (κ2) is 6.47. The van der Waals surface area contributed by atoms with Crippen LogP contribution in [0, 0.1) is 0 Å². The Bertz CT molecular complexity index is 808. The standard InChI is InChI=1S/C13H14N2O.CH4O4S/c1-8-13-11(5-6-14-8)10-4-3-9(16-2)7-12(10)15-13;1-5-6(2,3)4/h3-4,7,15H,5-6H2,1-2H3;1H3,(H,2,3,4). The minimum absolute atomic E-state index is 0.870. The first-order valence-corrected chi connectivity index (χ1v) is 7.95. The van der Waals surface area contributed by atoms with Crippen molar-refractivity contribution >= 4 is 27.0 Å². The van der Waals surface area contributed by atoms with Crippen LogP contribution >= 0.6 is 0 Å². The Morgan fingerprint density at radius 1 is 1.32 bits per heavy atom. The van der Waals surface area contributed by atoms with E-state index < -0.39 is 10.4 Å². The average molecular weight is 326 g/mol. The predicted octanol–water partition coefficient (Wildman–Crippen LogP) is 1.98. The maximum absolute atomic E-state index is 9.33. The zero-order valence-corrected chi connectivity index (χ0v) is 13.4. The van der Waals surface area contributed by atoms with Crippen molar-refractivity contribution in [3.05, 3.63) is 29.5 Å². The van der Waals surface area contributed by atoms with Gasteiger partial charge in [0.2, 0.25) is 0 Å². The molecule has 0 amide bonds. The fraction of sp³-hybridized carbons (Fsp3) is 0.357. The van der Waals surface area contributed by atoms with Gasteiger partial charge < -0.3 is 9.72 Å². The lowest BCUT2D eigenvalue weighted by atomic mass is 10.0. The normalized spacial score (nSPS) is 13.9. The summed E-state index contributed by atoms with van der Waals surface area (Å²) in [4.78, 5) is 7.89. The number of hydrogen-bond acceptors (Lipinski definition) is 5. The fourth-order valence-corrected chi connectivity index (χ4v) is 2.34. The van der Waals surface area contributed by atoms with Crippen LogP contribution in [0.3, 0.4) is 0 Å². The quantitative estimate of drug-likeness (QED) is 0.822. The Balaban J connectivity index is 0.000000254. The van der Waals surface area contributed by atoms with Gasteiger partial charge in [0.25, 0.3) is 0 Å². The van der Waals surface area contributed by atoms with Gasteiger partial charge >= 0.3 is 10.4 Å². The van der Waals surface area contributed by atoms with E-state index in [0.29, 0.717) is 0 Å². The van der Waals surface area contributed by atoms with Crippen LogP contribution < -0.4 is 4.74 Å². The van der Waals surface area contributed by atoms with Gasteiger partial charge in [-0.05, 0) is 31.0 Å². The molecule has 1 aromatic heterocycles. The zero-order valence-electron chi connectivity index (χ0n) is 12.6. The van der Waals surface area contributed by atoms with Crippen molar-refractivity contribution in [3.63, 3.8) is 0 Å². The molecule has 0 aliphatic carbocycles. The lowest BCUT2D eigenvalue weighted by Gasteiger charge is -2.09. The summed E-state index contributed by atoms with van der Waals surface area (Å²) in [6.45, 7) is 2.96. The first-order chi connectivity index (χ1) is 10.4. The lowest BCUT2D eigenvalue weighted by Crippen LogP contribution is -2.08. The van der Waals surface area contributed by atoms with Crippen molar-refractivity contribution in [3.8, 4) is 5.75 Å². The topological polar surface area (TPSA) is 101 Å². The first kappa shape index (κ1) is 16.5. The van der Waals surface area contributed by atoms with Crippen LogP contribution in [-0.4, -0.2) is 44.4 Å². The van der Waals surface area contributed by atoms with Gasteiger partial charge in [0.1, 0.15) is 5.75 Å². The number of methoxy groups -OCH3 is 1. The Labute approximate surface area is 128 Å². The molecule has 1 aromatic carbocycles. The van der Waals surface area contributed by atoms with Crippen LogP contribution in [0.15, 0.2) is 23.2 Å². The summed E-state index contributed by atoms with van der Waals surface area (Å²) < 4.78 is 34.9. The van der Waals surface area contributed by atoms with E-state index in [4.69, 9.17) is 9.29 Å². The molecule has 3 rings (SSSR count). The molecule has 0 unspecified atom stereocenters. The fourth-order valence-electron chi connectivity index (χ4n) is 2.34. The highest BCUT2D eigenvalue weighted by atomic mass is 32.3. The number of aliphatic imine (C=N–C) groups is 1. The Kier molecular flexibility index (Phi) is 4.84. The molecule has 0 bridgehead atoms. The van der Waals surface area contributed by atoms with E-state index in [2.05, 4.69) is 27.1 Å². The van der Waals surface area contributed by atoms with E-state index in [9.17, 15) is 8.42 Å². The second-order valence-corrected chi connectivity index (χ2v) is 5.89. The molecule has 0 fully saturated rings. The second-order valence-electron chi connectivity index (χ2n) is 4.70. The van der Waals surface area contributed by atoms with Gasteiger partial charge in [-0.1, -0.05) is 0 Å². The van der Waals surface area contributed by atoms with E-state index >= 15 is 0 Å². The first-order valence-electron chi connectivity index (χ1n) is 6.58. The van der Waals surface area contributed by atoms with Crippen LogP contribution in [0.1, 0.15) is 18.2 Å². The molecule has 22 heavy (non-hydrogen) atoms. The highest BCUT2D eigenvalue weighted by Gasteiger charge is 2.16. The maximum Gasteiger partial charge on any atom is 0.397 e. The number of aromatic nitrogens is 1. The van der Waals surface area contributed by atoms with Gasteiger partial charge in [-0.25, -0.2) is 0 Å². The molecule has 0 saturated carbocycles. The number of rotatable bonds is 2. The van der Waals surface area contributed by atoms with Crippen LogP contribution in [0.5, 0.6) is 5.75 Å². The van der Waals surface area contributed by atoms with E-state index in [1.54, 1.807) is 7.11 Å². The largest absolute Gasteiger partial charge is 0.497 e. The molecule has 8 heteroatoms. The average Bonchev–Trinajstić information content (AvgIpc) is 2.86. The molecule has 120 valence electrons. The van der Waals surface area contributed by atoms with Crippen molar-refractivity contribution < 1.29 is 21.9 Å². The van der Waals surface area contributed by atoms with Crippen LogP contribution in [0.4, 0.5) is 0 Å². The number of fused-ring (bicyclic) bond motifs is 3. The summed E-state index contributed by atoms with van der Waals surface area (Å²) in [6.07, 6.45) is 1.03. The Morgan fingerprint density at radius 3 is 2.59 bits per heavy atom. The third-order valence-corrected chi connectivity index (χ3v) is 3.82.